The van der Waals surface area contributed by atoms with Crippen molar-refractivity contribution in [1.82, 2.24) is 9.80 Å². The summed E-state index contributed by atoms with van der Waals surface area (Å²) in [5.74, 6) is 0.672. The Morgan fingerprint density at radius 2 is 1.44 bits per heavy atom. The van der Waals surface area contributed by atoms with E-state index in [1.807, 2.05) is 84.9 Å². The van der Waals surface area contributed by atoms with Crippen LogP contribution in [0.4, 0.5) is 4.79 Å². The Morgan fingerprint density at radius 3 is 2.12 bits per heavy atom. The standard InChI is InChI=1S/C26H26N2O4/c29-25-18-28(26(30)32-20-22-10-5-2-6-11-22)15-14-27(25)17-23-12-7-13-24(16-23)31-19-21-8-3-1-4-9-21/h1-13,16H,14-15,17-20H2. The molecular formula is C26H26N2O4. The molecule has 0 N–H and O–H groups in total. The van der Waals surface area contributed by atoms with Gasteiger partial charge < -0.3 is 14.4 Å². The lowest BCUT2D eigenvalue weighted by molar-refractivity contribution is -0.136. The van der Waals surface area contributed by atoms with Crippen molar-refractivity contribution in [2.24, 2.45) is 0 Å². The van der Waals surface area contributed by atoms with Crippen molar-refractivity contribution in [1.29, 1.82) is 0 Å². The van der Waals surface area contributed by atoms with Gasteiger partial charge in [0, 0.05) is 19.6 Å². The number of carbonyl (C=O) groups excluding carboxylic acids is 2. The highest BCUT2D eigenvalue weighted by atomic mass is 16.6. The summed E-state index contributed by atoms with van der Waals surface area (Å²) in [6, 6.07) is 27.3. The van der Waals surface area contributed by atoms with Gasteiger partial charge in [-0.1, -0.05) is 72.8 Å². The maximum atomic E-state index is 12.6. The zero-order valence-corrected chi connectivity index (χ0v) is 17.9. The number of ether oxygens (including phenoxy) is 2. The van der Waals surface area contributed by atoms with Crippen LogP contribution in [-0.2, 0) is 29.3 Å². The van der Waals surface area contributed by atoms with Crippen molar-refractivity contribution in [3.05, 3.63) is 102 Å². The maximum absolute atomic E-state index is 12.6. The predicted octanol–water partition coefficient (Wildman–Crippen LogP) is 4.25. The molecule has 1 heterocycles. The van der Waals surface area contributed by atoms with Crippen LogP contribution in [0.25, 0.3) is 0 Å². The smallest absolute Gasteiger partial charge is 0.410 e. The van der Waals surface area contributed by atoms with Crippen molar-refractivity contribution in [3.8, 4) is 5.75 Å². The normalized spacial score (nSPS) is 13.7. The summed E-state index contributed by atoms with van der Waals surface area (Å²) in [7, 11) is 0. The number of piperazine rings is 1. The van der Waals surface area contributed by atoms with E-state index in [1.54, 1.807) is 4.90 Å². The summed E-state index contributed by atoms with van der Waals surface area (Å²) in [4.78, 5) is 28.2. The molecule has 0 atom stereocenters. The molecule has 4 rings (SSSR count). The largest absolute Gasteiger partial charge is 0.489 e. The Kier molecular flexibility index (Phi) is 7.02. The summed E-state index contributed by atoms with van der Waals surface area (Å²) in [6.45, 7) is 2.11. The zero-order chi connectivity index (χ0) is 22.2. The summed E-state index contributed by atoms with van der Waals surface area (Å²) in [5.41, 5.74) is 3.01. The number of carbonyl (C=O) groups is 2. The van der Waals surface area contributed by atoms with Crippen molar-refractivity contribution < 1.29 is 19.1 Å². The molecule has 1 aliphatic rings. The van der Waals surface area contributed by atoms with E-state index in [1.165, 1.54) is 4.90 Å². The molecule has 0 aromatic heterocycles. The Bertz CT molecular complexity index is 1040. The van der Waals surface area contributed by atoms with Gasteiger partial charge in [0.1, 0.15) is 25.5 Å². The zero-order valence-electron chi connectivity index (χ0n) is 17.9. The second-order valence-corrected chi connectivity index (χ2v) is 7.70. The van der Waals surface area contributed by atoms with Crippen LogP contribution in [0, 0.1) is 0 Å². The van der Waals surface area contributed by atoms with Gasteiger partial charge in [-0.15, -0.1) is 0 Å². The fourth-order valence-electron chi connectivity index (χ4n) is 3.54. The van der Waals surface area contributed by atoms with Crippen molar-refractivity contribution >= 4 is 12.0 Å². The highest BCUT2D eigenvalue weighted by molar-refractivity contribution is 5.83. The number of hydrogen-bond donors (Lipinski definition) is 0. The van der Waals surface area contributed by atoms with Crippen LogP contribution in [-0.4, -0.2) is 41.4 Å². The van der Waals surface area contributed by atoms with Gasteiger partial charge in [0.05, 0.1) is 0 Å². The second kappa shape index (κ2) is 10.5. The molecule has 0 aliphatic carbocycles. The van der Waals surface area contributed by atoms with Gasteiger partial charge in [-0.3, -0.25) is 9.69 Å². The lowest BCUT2D eigenvalue weighted by Crippen LogP contribution is -2.51. The molecule has 0 saturated carbocycles. The van der Waals surface area contributed by atoms with Crippen molar-refractivity contribution in [3.63, 3.8) is 0 Å². The van der Waals surface area contributed by atoms with E-state index >= 15 is 0 Å². The summed E-state index contributed by atoms with van der Waals surface area (Å²) in [6.07, 6.45) is -0.460. The number of nitrogens with zero attached hydrogens (tertiary/aromatic N) is 2. The quantitative estimate of drug-likeness (QED) is 0.562. The highest BCUT2D eigenvalue weighted by Crippen LogP contribution is 2.18. The number of rotatable bonds is 7. The Balaban J connectivity index is 1.27. The van der Waals surface area contributed by atoms with Gasteiger partial charge in [-0.2, -0.15) is 0 Å². The Labute approximate surface area is 188 Å². The average Bonchev–Trinajstić information content (AvgIpc) is 2.84. The van der Waals surface area contributed by atoms with Crippen molar-refractivity contribution in [2.75, 3.05) is 19.6 Å². The molecule has 0 bridgehead atoms. The Morgan fingerprint density at radius 1 is 0.781 bits per heavy atom. The molecule has 1 saturated heterocycles. The minimum Gasteiger partial charge on any atom is -0.489 e. The van der Waals surface area contributed by atoms with Gasteiger partial charge in [0.15, 0.2) is 0 Å². The van der Waals surface area contributed by atoms with Crippen LogP contribution in [0.3, 0.4) is 0 Å². The van der Waals surface area contributed by atoms with Crippen molar-refractivity contribution in [2.45, 2.75) is 19.8 Å². The molecule has 2 amide bonds. The molecule has 3 aromatic carbocycles. The second-order valence-electron chi connectivity index (χ2n) is 7.70. The summed E-state index contributed by atoms with van der Waals surface area (Å²) < 4.78 is 11.2. The van der Waals surface area contributed by atoms with E-state index in [9.17, 15) is 9.59 Å². The fraction of sp³-hybridized carbons (Fsp3) is 0.231. The van der Waals surface area contributed by atoms with Crippen LogP contribution in [0.2, 0.25) is 0 Å². The van der Waals surface area contributed by atoms with Gasteiger partial charge in [0.2, 0.25) is 5.91 Å². The van der Waals surface area contributed by atoms with Crippen LogP contribution in [0.1, 0.15) is 16.7 Å². The summed E-state index contributed by atoms with van der Waals surface area (Å²) >= 11 is 0. The predicted molar refractivity (Wildman–Crippen MR) is 121 cm³/mol. The van der Waals surface area contributed by atoms with E-state index in [0.29, 0.717) is 26.2 Å². The minimum absolute atomic E-state index is 0.0256. The summed E-state index contributed by atoms with van der Waals surface area (Å²) in [5, 5.41) is 0. The van der Waals surface area contributed by atoms with Gasteiger partial charge in [-0.05, 0) is 28.8 Å². The van der Waals surface area contributed by atoms with Gasteiger partial charge in [-0.25, -0.2) is 4.79 Å². The van der Waals surface area contributed by atoms with E-state index in [-0.39, 0.29) is 19.1 Å². The lowest BCUT2D eigenvalue weighted by atomic mass is 10.2. The first-order chi connectivity index (χ1) is 15.7. The molecule has 0 spiro atoms. The van der Waals surface area contributed by atoms with Crippen LogP contribution in [0.5, 0.6) is 5.75 Å². The third kappa shape index (κ3) is 5.88. The first-order valence-electron chi connectivity index (χ1n) is 10.7. The SMILES string of the molecule is O=C1CN(C(=O)OCc2ccccc2)CCN1Cc1cccc(OCc2ccccc2)c1. The monoisotopic (exact) mass is 430 g/mol. The first kappa shape index (κ1) is 21.4. The third-order valence-electron chi connectivity index (χ3n) is 5.30. The van der Waals surface area contributed by atoms with Crippen LogP contribution in [0.15, 0.2) is 84.9 Å². The molecule has 1 aliphatic heterocycles. The molecule has 164 valence electrons. The molecular weight excluding hydrogens is 404 g/mol. The number of benzene rings is 3. The lowest BCUT2D eigenvalue weighted by Gasteiger charge is -2.33. The van der Waals surface area contributed by atoms with E-state index in [0.717, 1.165) is 22.4 Å². The molecule has 1 fully saturated rings. The molecule has 6 heteroatoms. The van der Waals surface area contributed by atoms with Gasteiger partial charge >= 0.3 is 6.09 Å². The van der Waals surface area contributed by atoms with Crippen LogP contribution >= 0.6 is 0 Å². The third-order valence-corrected chi connectivity index (χ3v) is 5.30. The first-order valence-corrected chi connectivity index (χ1v) is 10.7. The van der Waals surface area contributed by atoms with E-state index in [4.69, 9.17) is 9.47 Å². The fourth-order valence-corrected chi connectivity index (χ4v) is 3.54. The number of hydrogen-bond acceptors (Lipinski definition) is 4. The van der Waals surface area contributed by atoms with Crippen LogP contribution < -0.4 is 4.74 Å². The van der Waals surface area contributed by atoms with Gasteiger partial charge in [0.25, 0.3) is 0 Å². The number of amides is 2. The van der Waals surface area contributed by atoms with E-state index < -0.39 is 6.09 Å². The van der Waals surface area contributed by atoms with E-state index in [2.05, 4.69) is 0 Å². The average molecular weight is 431 g/mol. The molecule has 0 radical (unpaired) electrons. The highest BCUT2D eigenvalue weighted by Gasteiger charge is 2.28. The molecule has 3 aromatic rings. The molecule has 32 heavy (non-hydrogen) atoms. The minimum atomic E-state index is -0.460. The Hall–Kier alpha value is -3.80. The maximum Gasteiger partial charge on any atom is 0.410 e. The topological polar surface area (TPSA) is 59.1 Å². The molecule has 0 unspecified atom stereocenters. The molecule has 6 nitrogen and oxygen atoms in total.